The molecule has 8 heteroatoms. The number of hydrogen-bond donors (Lipinski definition) is 3. The van der Waals surface area contributed by atoms with Gasteiger partial charge in [0, 0.05) is 43.2 Å². The molecule has 3 N–H and O–H groups in total. The van der Waals surface area contributed by atoms with E-state index in [0.29, 0.717) is 30.6 Å². The number of thiophene rings is 1. The quantitative estimate of drug-likeness (QED) is 0.276. The molecule has 2 aromatic rings. The van der Waals surface area contributed by atoms with Crippen molar-refractivity contribution < 1.29 is 4.79 Å². The van der Waals surface area contributed by atoms with E-state index in [9.17, 15) is 4.79 Å². The third kappa shape index (κ3) is 7.18. The lowest BCUT2D eigenvalue weighted by molar-refractivity contribution is 0.0955. The summed E-state index contributed by atoms with van der Waals surface area (Å²) in [6, 6.07) is 12.5. The number of hydrogen-bond acceptors (Lipinski definition) is 4. The third-order valence-corrected chi connectivity index (χ3v) is 6.53. The second-order valence-corrected chi connectivity index (χ2v) is 8.69. The van der Waals surface area contributed by atoms with Crippen molar-refractivity contribution in [2.24, 2.45) is 10.9 Å². The van der Waals surface area contributed by atoms with Crippen LogP contribution in [-0.4, -0.2) is 50.5 Å². The average Bonchev–Trinajstić information content (AvgIpc) is 3.28. The molecule has 2 unspecified atom stereocenters. The minimum atomic E-state index is -0.0390. The highest BCUT2D eigenvalue weighted by molar-refractivity contribution is 14.0. The molecule has 1 aromatic heterocycles. The molecule has 0 bridgehead atoms. The number of benzene rings is 1. The summed E-state index contributed by atoms with van der Waals surface area (Å²) in [7, 11) is 4.02. The Labute approximate surface area is 206 Å². The van der Waals surface area contributed by atoms with Crippen molar-refractivity contribution in [1.29, 1.82) is 0 Å². The number of piperidine rings is 1. The maximum atomic E-state index is 12.1. The van der Waals surface area contributed by atoms with E-state index in [1.165, 1.54) is 17.7 Å². The van der Waals surface area contributed by atoms with E-state index >= 15 is 0 Å². The molecular weight excluding hydrogens is 521 g/mol. The fourth-order valence-electron chi connectivity index (χ4n) is 4.10. The maximum Gasteiger partial charge on any atom is 0.251 e. The Morgan fingerprint density at radius 1 is 1.23 bits per heavy atom. The second-order valence-electron chi connectivity index (χ2n) is 7.71. The molecule has 1 aromatic carbocycles. The summed E-state index contributed by atoms with van der Waals surface area (Å²) in [5.41, 5.74) is 1.73. The highest BCUT2D eigenvalue weighted by atomic mass is 127. The van der Waals surface area contributed by atoms with Crippen molar-refractivity contribution in [2.75, 3.05) is 33.7 Å². The lowest BCUT2D eigenvalue weighted by Gasteiger charge is -2.39. The summed E-state index contributed by atoms with van der Waals surface area (Å²) in [6.45, 7) is 5.19. The van der Waals surface area contributed by atoms with Crippen LogP contribution in [0.5, 0.6) is 0 Å². The lowest BCUT2D eigenvalue weighted by Crippen LogP contribution is -2.44. The van der Waals surface area contributed by atoms with Gasteiger partial charge in [0.1, 0.15) is 0 Å². The molecule has 1 amide bonds. The van der Waals surface area contributed by atoms with Crippen molar-refractivity contribution in [3.8, 4) is 0 Å². The number of aliphatic imine (C=N–C) groups is 1. The second kappa shape index (κ2) is 13.0. The minimum Gasteiger partial charge on any atom is -0.356 e. The molecule has 1 aliphatic heterocycles. The zero-order valence-corrected chi connectivity index (χ0v) is 21.7. The SMILES string of the molecule is CCNC(=O)c1cccc(CNC(=NC)NCC2CCCN(C)C2c2cccs2)c1.I. The highest BCUT2D eigenvalue weighted by Gasteiger charge is 2.31. The number of carbonyl (C=O) groups is 1. The van der Waals surface area contributed by atoms with Crippen LogP contribution in [0.4, 0.5) is 0 Å². The van der Waals surface area contributed by atoms with E-state index in [0.717, 1.165) is 24.6 Å². The van der Waals surface area contributed by atoms with Crippen LogP contribution in [0.2, 0.25) is 0 Å². The summed E-state index contributed by atoms with van der Waals surface area (Å²) in [4.78, 5) is 20.4. The molecule has 1 saturated heterocycles. The number of guanidine groups is 1. The monoisotopic (exact) mass is 555 g/mol. The molecule has 0 radical (unpaired) electrons. The largest absolute Gasteiger partial charge is 0.356 e. The van der Waals surface area contributed by atoms with Gasteiger partial charge in [-0.25, -0.2) is 0 Å². The fourth-order valence-corrected chi connectivity index (χ4v) is 5.09. The summed E-state index contributed by atoms with van der Waals surface area (Å²) in [5.74, 6) is 1.29. The van der Waals surface area contributed by atoms with Gasteiger partial charge in [0.2, 0.25) is 0 Å². The summed E-state index contributed by atoms with van der Waals surface area (Å²) < 4.78 is 0. The Morgan fingerprint density at radius 3 is 2.77 bits per heavy atom. The van der Waals surface area contributed by atoms with Crippen LogP contribution in [0.25, 0.3) is 0 Å². The van der Waals surface area contributed by atoms with Crippen LogP contribution in [-0.2, 0) is 6.54 Å². The predicted molar refractivity (Wildman–Crippen MR) is 140 cm³/mol. The normalized spacial score (nSPS) is 19.4. The Balaban J connectivity index is 0.00000341. The van der Waals surface area contributed by atoms with E-state index < -0.39 is 0 Å². The van der Waals surface area contributed by atoms with Crippen molar-refractivity contribution in [2.45, 2.75) is 32.4 Å². The van der Waals surface area contributed by atoms with Crippen LogP contribution in [0.3, 0.4) is 0 Å². The summed E-state index contributed by atoms with van der Waals surface area (Å²) in [6.07, 6.45) is 2.44. The molecule has 1 fully saturated rings. The van der Waals surface area contributed by atoms with E-state index in [1.807, 2.05) is 42.5 Å². The summed E-state index contributed by atoms with van der Waals surface area (Å²) in [5, 5.41) is 11.9. The van der Waals surface area contributed by atoms with Crippen LogP contribution < -0.4 is 16.0 Å². The smallest absolute Gasteiger partial charge is 0.251 e. The third-order valence-electron chi connectivity index (χ3n) is 5.58. The lowest BCUT2D eigenvalue weighted by atomic mass is 9.88. The van der Waals surface area contributed by atoms with E-state index in [1.54, 1.807) is 7.05 Å². The van der Waals surface area contributed by atoms with Crippen molar-refractivity contribution in [3.63, 3.8) is 0 Å². The molecule has 1 aliphatic rings. The van der Waals surface area contributed by atoms with Crippen LogP contribution in [0.15, 0.2) is 46.8 Å². The first kappa shape index (κ1) is 25.6. The van der Waals surface area contributed by atoms with Crippen molar-refractivity contribution in [3.05, 3.63) is 57.8 Å². The number of nitrogens with zero attached hydrogens (tertiary/aromatic N) is 2. The number of carbonyl (C=O) groups excluding carboxylic acids is 1. The van der Waals surface area contributed by atoms with Crippen LogP contribution in [0, 0.1) is 5.92 Å². The van der Waals surface area contributed by atoms with Gasteiger partial charge in [-0.1, -0.05) is 18.2 Å². The van der Waals surface area contributed by atoms with Gasteiger partial charge in [0.25, 0.3) is 5.91 Å². The number of rotatable bonds is 7. The van der Waals surface area contributed by atoms with E-state index in [-0.39, 0.29) is 29.9 Å². The van der Waals surface area contributed by atoms with Crippen molar-refractivity contribution >= 4 is 47.2 Å². The Morgan fingerprint density at radius 2 is 2.06 bits per heavy atom. The number of nitrogens with one attached hydrogen (secondary N) is 3. The molecule has 2 atom stereocenters. The van der Waals surface area contributed by atoms with Gasteiger partial charge in [-0.15, -0.1) is 35.3 Å². The van der Waals surface area contributed by atoms with Gasteiger partial charge in [0.05, 0.1) is 0 Å². The Kier molecular flexibility index (Phi) is 10.8. The topological polar surface area (TPSA) is 68.8 Å². The molecule has 31 heavy (non-hydrogen) atoms. The first-order valence-electron chi connectivity index (χ1n) is 10.7. The summed E-state index contributed by atoms with van der Waals surface area (Å²) >= 11 is 1.84. The van der Waals surface area contributed by atoms with Gasteiger partial charge in [0.15, 0.2) is 5.96 Å². The number of likely N-dealkylation sites (tertiary alicyclic amines) is 1. The molecular formula is C23H34IN5OS. The average molecular weight is 556 g/mol. The van der Waals surface area contributed by atoms with Crippen LogP contribution in [0.1, 0.15) is 46.6 Å². The fraction of sp³-hybridized carbons (Fsp3) is 0.478. The van der Waals surface area contributed by atoms with Gasteiger partial charge < -0.3 is 16.0 Å². The standard InChI is InChI=1S/C23H33N5OS.HI/c1-4-25-22(29)18-9-5-8-17(14-18)15-26-23(24-2)27-16-19-10-6-12-28(3)21(19)20-11-7-13-30-20;/h5,7-9,11,13-14,19,21H,4,6,10,12,15-16H2,1-3H3,(H,25,29)(H2,24,26,27);1H. The molecule has 2 heterocycles. The van der Waals surface area contributed by atoms with Gasteiger partial charge >= 0.3 is 0 Å². The van der Waals surface area contributed by atoms with Crippen molar-refractivity contribution in [1.82, 2.24) is 20.9 Å². The molecule has 170 valence electrons. The predicted octanol–water partition coefficient (Wildman–Crippen LogP) is 3.86. The highest BCUT2D eigenvalue weighted by Crippen LogP contribution is 2.36. The molecule has 0 spiro atoms. The number of amides is 1. The van der Waals surface area contributed by atoms with E-state index in [2.05, 4.69) is 50.4 Å². The molecule has 3 rings (SSSR count). The first-order valence-corrected chi connectivity index (χ1v) is 11.6. The van der Waals surface area contributed by atoms with E-state index in [4.69, 9.17) is 0 Å². The molecule has 0 aliphatic carbocycles. The van der Waals surface area contributed by atoms with Crippen LogP contribution >= 0.6 is 35.3 Å². The first-order chi connectivity index (χ1) is 14.6. The number of halogens is 1. The van der Waals surface area contributed by atoms with Gasteiger partial charge in [-0.2, -0.15) is 0 Å². The zero-order valence-electron chi connectivity index (χ0n) is 18.6. The molecule has 6 nitrogen and oxygen atoms in total. The Bertz CT molecular complexity index is 842. The van der Waals surface area contributed by atoms with Gasteiger partial charge in [-0.05, 0) is 68.4 Å². The minimum absolute atomic E-state index is 0. The zero-order chi connectivity index (χ0) is 21.3. The Hall–Kier alpha value is -1.65. The maximum absolute atomic E-state index is 12.1. The molecule has 0 saturated carbocycles. The van der Waals surface area contributed by atoms with Gasteiger partial charge in [-0.3, -0.25) is 14.7 Å².